The molecule has 0 amide bonds. The van der Waals surface area contributed by atoms with Crippen LogP contribution in [0.1, 0.15) is 26.3 Å². The Kier molecular flexibility index (Phi) is 4.10. The number of carbonyl (C=O) groups is 2. The molecule has 146 valence electrons. The molecule has 4 rings (SSSR count). The van der Waals surface area contributed by atoms with Crippen LogP contribution in [0.4, 0.5) is 0 Å². The minimum Gasteiger partial charge on any atom is -0.457 e. The van der Waals surface area contributed by atoms with Gasteiger partial charge in [-0.15, -0.1) is 0 Å². The average Bonchev–Trinajstić information content (AvgIpc) is 3.17. The quantitative estimate of drug-likeness (QED) is 0.546. The Labute approximate surface area is 156 Å². The number of hydrogen-bond acceptors (Lipinski definition) is 8. The van der Waals surface area contributed by atoms with Gasteiger partial charge in [-0.25, -0.2) is 0 Å². The summed E-state index contributed by atoms with van der Waals surface area (Å²) in [5.41, 5.74) is -0.206. The van der Waals surface area contributed by atoms with E-state index < -0.39 is 63.2 Å². The lowest BCUT2D eigenvalue weighted by atomic mass is 9.84. The van der Waals surface area contributed by atoms with Crippen molar-refractivity contribution in [1.29, 1.82) is 0 Å². The van der Waals surface area contributed by atoms with E-state index in [1.54, 1.807) is 13.8 Å². The average molecular weight is 396 g/mol. The monoisotopic (exact) mass is 396 g/mol. The highest BCUT2D eigenvalue weighted by molar-refractivity contribution is 7.87. The fourth-order valence-electron chi connectivity index (χ4n) is 4.14. The molecule has 3 heterocycles. The summed E-state index contributed by atoms with van der Waals surface area (Å²) in [7, 11) is -4.03. The van der Waals surface area contributed by atoms with Crippen molar-refractivity contribution in [2.24, 2.45) is 5.92 Å². The lowest BCUT2D eigenvalue weighted by molar-refractivity contribution is -0.170. The lowest BCUT2D eigenvalue weighted by Crippen LogP contribution is -2.50. The molecule has 9 heteroatoms. The maximum Gasteiger partial charge on any atom is 0.314 e. The molecule has 3 saturated heterocycles. The van der Waals surface area contributed by atoms with Crippen LogP contribution < -0.4 is 0 Å². The van der Waals surface area contributed by atoms with Crippen molar-refractivity contribution in [3.05, 3.63) is 35.9 Å². The molecule has 3 aliphatic heterocycles. The maximum absolute atomic E-state index is 13.0. The first-order chi connectivity index (χ1) is 12.6. The summed E-state index contributed by atoms with van der Waals surface area (Å²) in [5.74, 6) is -2.44. The van der Waals surface area contributed by atoms with Crippen molar-refractivity contribution in [2.45, 2.75) is 56.0 Å². The number of hydrogen-bond donors (Lipinski definition) is 0. The first kappa shape index (κ1) is 18.4. The molecule has 0 saturated carbocycles. The van der Waals surface area contributed by atoms with Gasteiger partial charge in [0.2, 0.25) is 0 Å². The third-order valence-corrected chi connectivity index (χ3v) is 7.01. The van der Waals surface area contributed by atoms with E-state index in [4.69, 9.17) is 18.4 Å². The summed E-state index contributed by atoms with van der Waals surface area (Å²) >= 11 is 0. The second-order valence-corrected chi connectivity index (χ2v) is 9.20. The number of fused-ring (bicyclic) bond motifs is 1. The Hall–Kier alpha value is -1.97. The highest BCUT2D eigenvalue weighted by atomic mass is 32.2. The molecule has 0 radical (unpaired) electrons. The molecule has 8 nitrogen and oxygen atoms in total. The second kappa shape index (κ2) is 6.02. The Morgan fingerprint density at radius 3 is 2.37 bits per heavy atom. The van der Waals surface area contributed by atoms with Gasteiger partial charge in [0.15, 0.2) is 6.10 Å². The van der Waals surface area contributed by atoms with Gasteiger partial charge in [-0.1, -0.05) is 30.3 Å². The first-order valence-corrected chi connectivity index (χ1v) is 10.1. The number of esters is 2. The summed E-state index contributed by atoms with van der Waals surface area (Å²) in [6.07, 6.45) is -3.63. The zero-order chi connectivity index (χ0) is 19.6. The van der Waals surface area contributed by atoms with Gasteiger partial charge in [-0.2, -0.15) is 8.42 Å². The number of carbonyl (C=O) groups excluding carboxylic acids is 2. The third-order valence-electron chi connectivity index (χ3n) is 5.29. The number of ether oxygens (including phenoxy) is 3. The summed E-state index contributed by atoms with van der Waals surface area (Å²) in [4.78, 5) is 24.4. The van der Waals surface area contributed by atoms with Crippen molar-refractivity contribution in [3.8, 4) is 0 Å². The van der Waals surface area contributed by atoms with Crippen LogP contribution >= 0.6 is 0 Å². The molecule has 0 aliphatic carbocycles. The number of benzene rings is 1. The molecule has 1 aromatic rings. The molecule has 6 unspecified atom stereocenters. The van der Waals surface area contributed by atoms with E-state index >= 15 is 0 Å². The van der Waals surface area contributed by atoms with Crippen LogP contribution in [0.15, 0.2) is 30.3 Å². The molecule has 6 atom stereocenters. The van der Waals surface area contributed by atoms with Crippen LogP contribution in [0, 0.1) is 5.92 Å². The van der Waals surface area contributed by atoms with Crippen molar-refractivity contribution in [3.63, 3.8) is 0 Å². The normalized spacial score (nSPS) is 35.8. The van der Waals surface area contributed by atoms with Gasteiger partial charge in [0.1, 0.15) is 35.1 Å². The molecule has 3 fully saturated rings. The SMILES string of the molecule is CC(=O)OC1C2OS(=O)(=O)C3C2OC1C3C(=O)OC(C)(C)c1ccccc1. The zero-order valence-electron chi connectivity index (χ0n) is 15.0. The van der Waals surface area contributed by atoms with Crippen LogP contribution in [0.5, 0.6) is 0 Å². The topological polar surface area (TPSA) is 105 Å². The van der Waals surface area contributed by atoms with Gasteiger partial charge >= 0.3 is 11.9 Å². The van der Waals surface area contributed by atoms with Gasteiger partial charge < -0.3 is 14.2 Å². The van der Waals surface area contributed by atoms with Crippen molar-refractivity contribution < 1.29 is 36.4 Å². The second-order valence-electron chi connectivity index (χ2n) is 7.48. The van der Waals surface area contributed by atoms with Crippen LogP contribution in [-0.2, 0) is 43.7 Å². The van der Waals surface area contributed by atoms with E-state index in [2.05, 4.69) is 0 Å². The summed E-state index contributed by atoms with van der Waals surface area (Å²) in [5, 5.41) is -1.15. The van der Waals surface area contributed by atoms with E-state index in [0.717, 1.165) is 5.56 Å². The maximum atomic E-state index is 13.0. The molecular formula is C18H20O8S. The van der Waals surface area contributed by atoms with E-state index in [0.29, 0.717) is 0 Å². The smallest absolute Gasteiger partial charge is 0.314 e. The van der Waals surface area contributed by atoms with Crippen LogP contribution in [0.3, 0.4) is 0 Å². The lowest BCUT2D eigenvalue weighted by Gasteiger charge is -2.31. The molecule has 2 bridgehead atoms. The van der Waals surface area contributed by atoms with Crippen molar-refractivity contribution in [2.75, 3.05) is 0 Å². The summed E-state index contributed by atoms with van der Waals surface area (Å²) < 4.78 is 46.5. The fourth-order valence-corrected chi connectivity index (χ4v) is 5.97. The Morgan fingerprint density at radius 2 is 1.74 bits per heavy atom. The fraction of sp³-hybridized carbons (Fsp3) is 0.556. The van der Waals surface area contributed by atoms with Crippen molar-refractivity contribution in [1.82, 2.24) is 0 Å². The Balaban J connectivity index is 1.63. The van der Waals surface area contributed by atoms with E-state index in [1.165, 1.54) is 6.92 Å². The summed E-state index contributed by atoms with van der Waals surface area (Å²) in [6, 6.07) is 9.12. The Bertz CT molecular complexity index is 878. The van der Waals surface area contributed by atoms with Gasteiger partial charge in [-0.3, -0.25) is 13.8 Å². The number of rotatable bonds is 4. The predicted octanol–water partition coefficient (Wildman–Crippen LogP) is 0.891. The highest BCUT2D eigenvalue weighted by Crippen LogP contribution is 2.51. The van der Waals surface area contributed by atoms with Gasteiger partial charge in [0.05, 0.1) is 0 Å². The molecule has 3 aliphatic rings. The molecule has 1 aromatic carbocycles. The predicted molar refractivity (Wildman–Crippen MR) is 90.8 cm³/mol. The standard InChI is InChI=1S/C18H20O8S/c1-9(19)23-13-12-11(16-15(24-12)14(13)26-27(16,21)22)17(20)25-18(2,3)10-7-5-4-6-8-10/h4-8,11-16H,1-3H3. The van der Waals surface area contributed by atoms with E-state index in [-0.39, 0.29) is 0 Å². The minimum atomic E-state index is -4.03. The molecular weight excluding hydrogens is 376 g/mol. The van der Waals surface area contributed by atoms with E-state index in [9.17, 15) is 18.0 Å². The van der Waals surface area contributed by atoms with Crippen LogP contribution in [-0.4, -0.2) is 50.0 Å². The van der Waals surface area contributed by atoms with Gasteiger partial charge in [0.25, 0.3) is 10.1 Å². The molecule has 0 N–H and O–H groups in total. The molecule has 0 spiro atoms. The zero-order valence-corrected chi connectivity index (χ0v) is 15.8. The highest BCUT2D eigenvalue weighted by Gasteiger charge is 2.74. The van der Waals surface area contributed by atoms with Crippen LogP contribution in [0.25, 0.3) is 0 Å². The first-order valence-electron chi connectivity index (χ1n) is 8.65. The Morgan fingerprint density at radius 1 is 1.07 bits per heavy atom. The van der Waals surface area contributed by atoms with Gasteiger partial charge in [0, 0.05) is 6.92 Å². The van der Waals surface area contributed by atoms with Gasteiger partial charge in [-0.05, 0) is 19.4 Å². The largest absolute Gasteiger partial charge is 0.457 e. The van der Waals surface area contributed by atoms with Crippen LogP contribution in [0.2, 0.25) is 0 Å². The van der Waals surface area contributed by atoms with E-state index in [1.807, 2.05) is 30.3 Å². The third kappa shape index (κ3) is 2.84. The molecule has 0 aromatic heterocycles. The van der Waals surface area contributed by atoms with Crippen molar-refractivity contribution >= 4 is 22.1 Å². The molecule has 27 heavy (non-hydrogen) atoms. The summed E-state index contributed by atoms with van der Waals surface area (Å²) in [6.45, 7) is 4.65. The minimum absolute atomic E-state index is 0.600.